The molecule has 7 nitrogen and oxygen atoms in total. The van der Waals surface area contributed by atoms with Crippen molar-refractivity contribution in [2.75, 3.05) is 25.4 Å². The van der Waals surface area contributed by atoms with Gasteiger partial charge in [0.15, 0.2) is 21.4 Å². The monoisotopic (exact) mass is 454 g/mol. The summed E-state index contributed by atoms with van der Waals surface area (Å²) >= 11 is 0. The van der Waals surface area contributed by atoms with Gasteiger partial charge in [0.1, 0.15) is 0 Å². The topological polar surface area (TPSA) is 92.8 Å². The highest BCUT2D eigenvalue weighted by molar-refractivity contribution is 7.91. The Morgan fingerprint density at radius 1 is 1.23 bits per heavy atom. The van der Waals surface area contributed by atoms with Crippen LogP contribution >= 0.6 is 0 Å². The lowest BCUT2D eigenvalue weighted by molar-refractivity contribution is -0.121. The summed E-state index contributed by atoms with van der Waals surface area (Å²) in [6, 6.07) is 3.42. The number of amides is 3. The zero-order chi connectivity index (χ0) is 22.4. The fraction of sp³-hybridized carbons (Fsp3) is 0.636. The second kappa shape index (κ2) is 10.4. The first-order chi connectivity index (χ1) is 14.7. The first-order valence-electron chi connectivity index (χ1n) is 11.0. The van der Waals surface area contributed by atoms with Gasteiger partial charge in [-0.05, 0) is 49.7 Å². The van der Waals surface area contributed by atoms with E-state index in [1.165, 1.54) is 12.1 Å². The molecule has 1 saturated heterocycles. The number of rotatable bonds is 12. The van der Waals surface area contributed by atoms with Crippen molar-refractivity contribution in [3.05, 3.63) is 24.0 Å². The molecule has 1 aliphatic heterocycles. The second-order valence-corrected chi connectivity index (χ2v) is 10.7. The van der Waals surface area contributed by atoms with E-state index in [9.17, 15) is 22.4 Å². The molecule has 3 rings (SSSR count). The summed E-state index contributed by atoms with van der Waals surface area (Å²) in [6.45, 7) is 3.36. The third kappa shape index (κ3) is 7.19. The minimum atomic E-state index is -3.53. The van der Waals surface area contributed by atoms with Crippen LogP contribution in [0.5, 0.6) is 5.75 Å². The van der Waals surface area contributed by atoms with E-state index in [0.717, 1.165) is 44.6 Å². The fourth-order valence-corrected chi connectivity index (χ4v) is 5.29. The molecule has 1 aromatic rings. The van der Waals surface area contributed by atoms with Crippen LogP contribution in [0.25, 0.3) is 0 Å². The van der Waals surface area contributed by atoms with Gasteiger partial charge in [-0.1, -0.05) is 19.8 Å². The summed E-state index contributed by atoms with van der Waals surface area (Å²) in [5, 5.41) is 2.30. The summed E-state index contributed by atoms with van der Waals surface area (Å²) in [5.41, 5.74) is 0. The number of benzene rings is 1. The van der Waals surface area contributed by atoms with E-state index in [2.05, 4.69) is 5.32 Å². The number of carbonyl (C=O) groups excluding carboxylic acids is 2. The Kier molecular flexibility index (Phi) is 7.91. The minimum absolute atomic E-state index is 0.00264. The van der Waals surface area contributed by atoms with Crippen LogP contribution in [0.15, 0.2) is 23.1 Å². The number of halogens is 1. The molecule has 0 radical (unpaired) electrons. The smallest absolute Gasteiger partial charge is 0.324 e. The van der Waals surface area contributed by atoms with Crippen LogP contribution in [-0.4, -0.2) is 50.7 Å². The lowest BCUT2D eigenvalue weighted by Gasteiger charge is -2.26. The maximum Gasteiger partial charge on any atom is 0.324 e. The molecule has 31 heavy (non-hydrogen) atoms. The van der Waals surface area contributed by atoms with Gasteiger partial charge >= 0.3 is 6.03 Å². The number of sulfone groups is 1. The number of nitrogens with zero attached hydrogens (tertiary/aromatic N) is 1. The summed E-state index contributed by atoms with van der Waals surface area (Å²) in [7, 11) is -3.53. The normalized spacial score (nSPS) is 18.1. The maximum absolute atomic E-state index is 13.9. The molecule has 1 atom stereocenters. The third-order valence-electron chi connectivity index (χ3n) is 5.70. The Hall–Kier alpha value is -2.16. The highest BCUT2D eigenvalue weighted by atomic mass is 32.2. The molecular weight excluding hydrogens is 423 g/mol. The average Bonchev–Trinajstić information content (AvgIpc) is 3.52. The third-order valence-corrected chi connectivity index (χ3v) is 7.68. The number of hydrogen-bond acceptors (Lipinski definition) is 5. The molecule has 1 saturated carbocycles. The van der Waals surface area contributed by atoms with Gasteiger partial charge in [-0.2, -0.15) is 0 Å². The molecule has 0 unspecified atom stereocenters. The van der Waals surface area contributed by atoms with Crippen LogP contribution in [0.1, 0.15) is 51.9 Å². The summed E-state index contributed by atoms with van der Waals surface area (Å²) in [5.74, 6) is -0.368. The van der Waals surface area contributed by atoms with Crippen LogP contribution in [0.4, 0.5) is 9.18 Å². The van der Waals surface area contributed by atoms with Gasteiger partial charge in [0.25, 0.3) is 0 Å². The van der Waals surface area contributed by atoms with Crippen LogP contribution < -0.4 is 10.1 Å². The van der Waals surface area contributed by atoms with Gasteiger partial charge in [-0.25, -0.2) is 17.6 Å². The quantitative estimate of drug-likeness (QED) is 0.385. The molecule has 2 aliphatic rings. The van der Waals surface area contributed by atoms with Crippen molar-refractivity contribution in [3.8, 4) is 5.75 Å². The average molecular weight is 455 g/mol. The van der Waals surface area contributed by atoms with E-state index in [0.29, 0.717) is 32.0 Å². The standard InChI is InChI=1S/C22H31FN2O5S/c1-16(5-3-2-4-11-25-12-10-21(26)24-22(25)27)15-31(28,29)18-8-9-19(23)20(13-18)30-14-17-6-7-17/h8-9,13,16-17H,2-7,10-12,14-15H2,1H3,(H,24,26,27)/t16-/m0/s1. The predicted molar refractivity (Wildman–Crippen MR) is 114 cm³/mol. The number of urea groups is 1. The molecular formula is C22H31FN2O5S. The van der Waals surface area contributed by atoms with Crippen molar-refractivity contribution in [2.24, 2.45) is 11.8 Å². The highest BCUT2D eigenvalue weighted by Gasteiger charge is 2.25. The Morgan fingerprint density at radius 2 is 2.00 bits per heavy atom. The van der Waals surface area contributed by atoms with E-state index in [-0.39, 0.29) is 34.3 Å². The fourth-order valence-electron chi connectivity index (χ4n) is 3.62. The molecule has 9 heteroatoms. The van der Waals surface area contributed by atoms with Crippen LogP contribution in [0.3, 0.4) is 0 Å². The van der Waals surface area contributed by atoms with Crippen LogP contribution in [-0.2, 0) is 14.6 Å². The van der Waals surface area contributed by atoms with Crippen molar-refractivity contribution in [1.29, 1.82) is 0 Å². The largest absolute Gasteiger partial charge is 0.490 e. The van der Waals surface area contributed by atoms with Crippen molar-refractivity contribution in [3.63, 3.8) is 0 Å². The number of carbonyl (C=O) groups is 2. The highest BCUT2D eigenvalue weighted by Crippen LogP contribution is 2.31. The van der Waals surface area contributed by atoms with E-state index in [1.54, 1.807) is 4.90 Å². The molecule has 1 aliphatic carbocycles. The Balaban J connectivity index is 1.40. The summed E-state index contributed by atoms with van der Waals surface area (Å²) in [4.78, 5) is 24.6. The number of hydrogen-bond donors (Lipinski definition) is 1. The van der Waals surface area contributed by atoms with Gasteiger partial charge in [0, 0.05) is 25.6 Å². The first-order valence-corrected chi connectivity index (χ1v) is 12.6. The lowest BCUT2D eigenvalue weighted by atomic mass is 10.1. The molecule has 0 bridgehead atoms. The van der Waals surface area contributed by atoms with E-state index < -0.39 is 15.7 Å². The van der Waals surface area contributed by atoms with Crippen LogP contribution in [0, 0.1) is 17.7 Å². The lowest BCUT2D eigenvalue weighted by Crippen LogP contribution is -2.49. The number of ether oxygens (including phenoxy) is 1. The van der Waals surface area contributed by atoms with Gasteiger partial charge < -0.3 is 9.64 Å². The Morgan fingerprint density at radius 3 is 2.71 bits per heavy atom. The molecule has 1 N–H and O–H groups in total. The Labute approximate surface area is 183 Å². The number of imide groups is 1. The molecule has 3 amide bonds. The summed E-state index contributed by atoms with van der Waals surface area (Å²) < 4.78 is 44.9. The van der Waals surface area contributed by atoms with Gasteiger partial charge in [0.2, 0.25) is 5.91 Å². The van der Waals surface area contributed by atoms with Crippen molar-refractivity contribution < 1.29 is 27.1 Å². The molecule has 1 aromatic carbocycles. The number of unbranched alkanes of at least 4 members (excludes halogenated alkanes) is 2. The summed E-state index contributed by atoms with van der Waals surface area (Å²) in [6.07, 6.45) is 5.75. The predicted octanol–water partition coefficient (Wildman–Crippen LogP) is 3.53. The molecule has 1 heterocycles. The molecule has 2 fully saturated rings. The van der Waals surface area contributed by atoms with Gasteiger partial charge in [0.05, 0.1) is 17.3 Å². The van der Waals surface area contributed by atoms with E-state index in [1.807, 2.05) is 6.92 Å². The molecule has 0 spiro atoms. The maximum atomic E-state index is 13.9. The zero-order valence-corrected chi connectivity index (χ0v) is 18.8. The number of nitrogens with one attached hydrogen (secondary N) is 1. The molecule has 0 aromatic heterocycles. The van der Waals surface area contributed by atoms with E-state index >= 15 is 0 Å². The van der Waals surface area contributed by atoms with Gasteiger partial charge in [-0.3, -0.25) is 10.1 Å². The van der Waals surface area contributed by atoms with Gasteiger partial charge in [-0.15, -0.1) is 0 Å². The van der Waals surface area contributed by atoms with Crippen molar-refractivity contribution >= 4 is 21.8 Å². The van der Waals surface area contributed by atoms with Crippen molar-refractivity contribution in [2.45, 2.75) is 56.8 Å². The SMILES string of the molecule is C[C@@H](CCCCCN1CCC(=O)NC1=O)CS(=O)(=O)c1ccc(F)c(OCC2CC2)c1. The van der Waals surface area contributed by atoms with Crippen LogP contribution in [0.2, 0.25) is 0 Å². The minimum Gasteiger partial charge on any atom is -0.490 e. The molecule has 172 valence electrons. The van der Waals surface area contributed by atoms with Crippen molar-refractivity contribution in [1.82, 2.24) is 10.2 Å². The zero-order valence-electron chi connectivity index (χ0n) is 17.9. The Bertz CT molecular complexity index is 901. The van der Waals surface area contributed by atoms with E-state index in [4.69, 9.17) is 4.74 Å². The first kappa shape index (κ1) is 23.5. The second-order valence-electron chi connectivity index (χ2n) is 8.67.